The largest absolute Gasteiger partial charge is 0.497 e. The third-order valence-corrected chi connectivity index (χ3v) is 4.41. The quantitative estimate of drug-likeness (QED) is 0.931. The average molecular weight is 318 g/mol. The summed E-state index contributed by atoms with van der Waals surface area (Å²) in [6.45, 7) is 2.94. The number of methoxy groups -OCH3 is 2. The van der Waals surface area contributed by atoms with Gasteiger partial charge in [0.1, 0.15) is 11.5 Å². The minimum Gasteiger partial charge on any atom is -0.497 e. The van der Waals surface area contributed by atoms with E-state index in [-0.39, 0.29) is 6.04 Å². The topological polar surface area (TPSA) is 30.5 Å². The summed E-state index contributed by atoms with van der Waals surface area (Å²) in [5.74, 6) is 1.79. The maximum atomic E-state index is 6.27. The summed E-state index contributed by atoms with van der Waals surface area (Å²) in [6, 6.07) is 10.3. The molecule has 1 aliphatic heterocycles. The number of fused-ring (bicyclic) bond motifs is 1. The van der Waals surface area contributed by atoms with Crippen LogP contribution in [0.3, 0.4) is 0 Å². The van der Waals surface area contributed by atoms with Crippen LogP contribution >= 0.6 is 11.6 Å². The Hall–Kier alpha value is -1.71. The summed E-state index contributed by atoms with van der Waals surface area (Å²) in [5.41, 5.74) is 4.70. The van der Waals surface area contributed by atoms with Crippen molar-refractivity contribution in [2.75, 3.05) is 20.8 Å². The lowest BCUT2D eigenvalue weighted by Crippen LogP contribution is -2.31. The van der Waals surface area contributed by atoms with Crippen LogP contribution in [-0.4, -0.2) is 20.8 Å². The number of aryl methyl sites for hydroxylation is 1. The fourth-order valence-electron chi connectivity index (χ4n) is 3.19. The van der Waals surface area contributed by atoms with Gasteiger partial charge in [0, 0.05) is 17.1 Å². The van der Waals surface area contributed by atoms with Gasteiger partial charge in [-0.25, -0.2) is 0 Å². The van der Waals surface area contributed by atoms with Gasteiger partial charge < -0.3 is 14.8 Å². The van der Waals surface area contributed by atoms with Gasteiger partial charge in [-0.1, -0.05) is 17.7 Å². The van der Waals surface area contributed by atoms with E-state index >= 15 is 0 Å². The van der Waals surface area contributed by atoms with E-state index in [1.165, 1.54) is 11.1 Å². The first kappa shape index (κ1) is 15.2. The Morgan fingerprint density at radius 2 is 1.91 bits per heavy atom. The summed E-state index contributed by atoms with van der Waals surface area (Å²) in [4.78, 5) is 0. The van der Waals surface area contributed by atoms with Gasteiger partial charge >= 0.3 is 0 Å². The number of nitrogens with one attached hydrogen (secondary N) is 1. The Morgan fingerprint density at radius 1 is 1.09 bits per heavy atom. The molecule has 22 heavy (non-hydrogen) atoms. The first-order valence-electron chi connectivity index (χ1n) is 7.38. The molecule has 0 amide bonds. The molecule has 116 valence electrons. The van der Waals surface area contributed by atoms with E-state index in [1.807, 2.05) is 25.1 Å². The molecule has 0 aromatic heterocycles. The Morgan fingerprint density at radius 3 is 2.64 bits per heavy atom. The number of benzene rings is 2. The fraction of sp³-hybridized carbons (Fsp3) is 0.333. The third kappa shape index (κ3) is 2.67. The number of ether oxygens (including phenoxy) is 2. The second-order valence-electron chi connectivity index (χ2n) is 5.55. The molecule has 2 aromatic carbocycles. The maximum Gasteiger partial charge on any atom is 0.126 e. The highest BCUT2D eigenvalue weighted by atomic mass is 35.5. The molecule has 3 nitrogen and oxygen atoms in total. The molecule has 0 fully saturated rings. The van der Waals surface area contributed by atoms with Gasteiger partial charge in [0.15, 0.2) is 0 Å². The number of hydrogen-bond donors (Lipinski definition) is 1. The van der Waals surface area contributed by atoms with Crippen molar-refractivity contribution in [1.82, 2.24) is 5.32 Å². The van der Waals surface area contributed by atoms with Crippen molar-refractivity contribution in [2.45, 2.75) is 19.4 Å². The first-order chi connectivity index (χ1) is 10.6. The third-order valence-electron chi connectivity index (χ3n) is 4.19. The molecule has 0 radical (unpaired) electrons. The van der Waals surface area contributed by atoms with Gasteiger partial charge in [-0.3, -0.25) is 0 Å². The van der Waals surface area contributed by atoms with E-state index in [1.54, 1.807) is 14.2 Å². The highest BCUT2D eigenvalue weighted by molar-refractivity contribution is 6.30. The molecule has 2 aromatic rings. The van der Waals surface area contributed by atoms with E-state index in [0.29, 0.717) is 0 Å². The van der Waals surface area contributed by atoms with Gasteiger partial charge in [0.25, 0.3) is 0 Å². The van der Waals surface area contributed by atoms with E-state index in [2.05, 4.69) is 17.4 Å². The van der Waals surface area contributed by atoms with Crippen molar-refractivity contribution in [3.8, 4) is 11.5 Å². The summed E-state index contributed by atoms with van der Waals surface area (Å²) in [7, 11) is 3.40. The van der Waals surface area contributed by atoms with Crippen LogP contribution in [0.25, 0.3) is 0 Å². The summed E-state index contributed by atoms with van der Waals surface area (Å²) < 4.78 is 11.0. The molecule has 1 N–H and O–H groups in total. The zero-order chi connectivity index (χ0) is 15.7. The number of rotatable bonds is 3. The minimum atomic E-state index is 0.0852. The van der Waals surface area contributed by atoms with Crippen LogP contribution in [0.2, 0.25) is 5.02 Å². The lowest BCUT2D eigenvalue weighted by atomic mass is 9.88. The van der Waals surface area contributed by atoms with Crippen molar-refractivity contribution < 1.29 is 9.47 Å². The van der Waals surface area contributed by atoms with Gasteiger partial charge in [0.05, 0.1) is 20.3 Å². The van der Waals surface area contributed by atoms with Crippen molar-refractivity contribution >= 4 is 11.6 Å². The maximum absolute atomic E-state index is 6.27. The Balaban J connectivity index is 2.12. The van der Waals surface area contributed by atoms with Crippen LogP contribution < -0.4 is 14.8 Å². The molecule has 4 heteroatoms. The summed E-state index contributed by atoms with van der Waals surface area (Å²) >= 11 is 6.27. The zero-order valence-corrected chi connectivity index (χ0v) is 13.8. The molecule has 0 saturated heterocycles. The molecule has 1 unspecified atom stereocenters. The van der Waals surface area contributed by atoms with Gasteiger partial charge in [-0.05, 0) is 54.3 Å². The Kier molecular flexibility index (Phi) is 4.27. The Bertz CT molecular complexity index is 700. The molecular formula is C18H20ClNO2. The van der Waals surface area contributed by atoms with Crippen molar-refractivity contribution in [3.63, 3.8) is 0 Å². The van der Waals surface area contributed by atoms with Gasteiger partial charge in [-0.2, -0.15) is 0 Å². The van der Waals surface area contributed by atoms with E-state index in [4.69, 9.17) is 21.1 Å². The second-order valence-corrected chi connectivity index (χ2v) is 5.98. The van der Waals surface area contributed by atoms with Crippen molar-refractivity contribution in [1.29, 1.82) is 0 Å². The standard InChI is InChI=1S/C18H20ClNO2/c1-11-8-13(19)10-16(18(11)22-3)17-15-5-4-14(21-2)9-12(15)6-7-20-17/h4-5,8-10,17,20H,6-7H2,1-3H3. The Labute approximate surface area is 136 Å². The lowest BCUT2D eigenvalue weighted by molar-refractivity contribution is 0.398. The first-order valence-corrected chi connectivity index (χ1v) is 7.76. The number of halogens is 1. The molecule has 1 heterocycles. The summed E-state index contributed by atoms with van der Waals surface area (Å²) in [6.07, 6.45) is 0.991. The van der Waals surface area contributed by atoms with E-state index < -0.39 is 0 Å². The zero-order valence-electron chi connectivity index (χ0n) is 13.1. The molecule has 1 atom stereocenters. The molecule has 0 bridgehead atoms. The molecule has 0 aliphatic carbocycles. The SMILES string of the molecule is COc1ccc2c(c1)CCNC2c1cc(Cl)cc(C)c1OC. The van der Waals surface area contributed by atoms with E-state index in [0.717, 1.165) is 40.6 Å². The average Bonchev–Trinajstić information content (AvgIpc) is 2.53. The molecular weight excluding hydrogens is 298 g/mol. The van der Waals surface area contributed by atoms with Crippen molar-refractivity contribution in [3.05, 3.63) is 57.6 Å². The lowest BCUT2D eigenvalue weighted by Gasteiger charge is -2.29. The molecule has 3 rings (SSSR count). The van der Waals surface area contributed by atoms with Crippen LogP contribution in [0, 0.1) is 6.92 Å². The highest BCUT2D eigenvalue weighted by Gasteiger charge is 2.25. The van der Waals surface area contributed by atoms with Crippen molar-refractivity contribution in [2.24, 2.45) is 0 Å². The van der Waals surface area contributed by atoms with Crippen LogP contribution in [0.1, 0.15) is 28.3 Å². The van der Waals surface area contributed by atoms with E-state index in [9.17, 15) is 0 Å². The second kappa shape index (κ2) is 6.19. The minimum absolute atomic E-state index is 0.0852. The number of hydrogen-bond acceptors (Lipinski definition) is 3. The van der Waals surface area contributed by atoms with Gasteiger partial charge in [-0.15, -0.1) is 0 Å². The molecule has 0 spiro atoms. The smallest absolute Gasteiger partial charge is 0.126 e. The van der Waals surface area contributed by atoms with Crippen LogP contribution in [0.15, 0.2) is 30.3 Å². The fourth-order valence-corrected chi connectivity index (χ4v) is 3.48. The normalized spacial score (nSPS) is 17.0. The monoisotopic (exact) mass is 317 g/mol. The highest BCUT2D eigenvalue weighted by Crippen LogP contribution is 2.38. The van der Waals surface area contributed by atoms with Crippen LogP contribution in [0.5, 0.6) is 11.5 Å². The summed E-state index contributed by atoms with van der Waals surface area (Å²) in [5, 5.41) is 4.31. The predicted octanol–water partition coefficient (Wildman–Crippen LogP) is 3.90. The van der Waals surface area contributed by atoms with Gasteiger partial charge in [0.2, 0.25) is 0 Å². The molecule has 0 saturated carbocycles. The predicted molar refractivity (Wildman–Crippen MR) is 89.3 cm³/mol. The van der Waals surface area contributed by atoms with Crippen LogP contribution in [0.4, 0.5) is 0 Å². The van der Waals surface area contributed by atoms with Crippen LogP contribution in [-0.2, 0) is 6.42 Å². The molecule has 1 aliphatic rings.